The third kappa shape index (κ3) is 2.52. The molecule has 0 radical (unpaired) electrons. The van der Waals surface area contributed by atoms with Crippen LogP contribution in [0.5, 0.6) is 0 Å². The number of aromatic amines is 1. The fraction of sp³-hybridized carbons (Fsp3) is 0.542. The molecule has 4 fully saturated rings. The quantitative estimate of drug-likeness (QED) is 0.708. The van der Waals surface area contributed by atoms with Gasteiger partial charge in [0.15, 0.2) is 11.2 Å². The van der Waals surface area contributed by atoms with Crippen molar-refractivity contribution in [3.8, 4) is 0 Å². The molecule has 2 aromatic heterocycles. The Morgan fingerprint density at radius 3 is 2.47 bits per heavy atom. The lowest BCUT2D eigenvalue weighted by molar-refractivity contribution is 0.214. The third-order valence-electron chi connectivity index (χ3n) is 7.91. The minimum absolute atomic E-state index is 0.0587. The van der Waals surface area contributed by atoms with Crippen LogP contribution in [-0.4, -0.2) is 19.1 Å². The molecule has 7 rings (SSSR count). The topological polar surface area (TPSA) is 72.7 Å². The Hall–Kier alpha value is -2.63. The van der Waals surface area contributed by atoms with Crippen LogP contribution in [0.15, 0.2) is 39.9 Å². The number of H-pyrrole nitrogens is 1. The highest BCUT2D eigenvalue weighted by Crippen LogP contribution is 2.64. The van der Waals surface area contributed by atoms with Gasteiger partial charge in [0.1, 0.15) is 5.82 Å². The van der Waals surface area contributed by atoms with Crippen molar-refractivity contribution in [2.75, 3.05) is 0 Å². The molecule has 0 aliphatic heterocycles. The maximum Gasteiger partial charge on any atom is 0.330 e. The number of nitrogens with one attached hydrogen (secondary N) is 1. The van der Waals surface area contributed by atoms with Crippen molar-refractivity contribution in [1.82, 2.24) is 19.1 Å². The fourth-order valence-corrected chi connectivity index (χ4v) is 6.98. The van der Waals surface area contributed by atoms with Crippen LogP contribution < -0.4 is 11.2 Å². The monoisotopic (exact) mass is 404 g/mol. The molecule has 30 heavy (non-hydrogen) atoms. The molecular weight excluding hydrogens is 376 g/mol. The average molecular weight is 405 g/mol. The van der Waals surface area contributed by atoms with E-state index in [0.29, 0.717) is 24.3 Å². The van der Waals surface area contributed by atoms with E-state index in [9.17, 15) is 9.59 Å². The summed E-state index contributed by atoms with van der Waals surface area (Å²) in [6.45, 7) is 3.02. The second-order valence-electron chi connectivity index (χ2n) is 9.84. The molecule has 6 heteroatoms. The van der Waals surface area contributed by atoms with Crippen LogP contribution in [0.3, 0.4) is 0 Å². The van der Waals surface area contributed by atoms with E-state index in [0.717, 1.165) is 35.6 Å². The van der Waals surface area contributed by atoms with Crippen molar-refractivity contribution in [2.24, 2.45) is 17.8 Å². The minimum atomic E-state index is -0.349. The van der Waals surface area contributed by atoms with Gasteiger partial charge in [-0.2, -0.15) is 0 Å². The Morgan fingerprint density at radius 1 is 1.07 bits per heavy atom. The molecule has 6 nitrogen and oxygen atoms in total. The van der Waals surface area contributed by atoms with Crippen molar-refractivity contribution < 1.29 is 0 Å². The first kappa shape index (κ1) is 18.2. The molecule has 4 aliphatic rings. The van der Waals surface area contributed by atoms with Crippen molar-refractivity contribution >= 4 is 11.2 Å². The molecule has 1 aromatic carbocycles. The molecule has 0 amide bonds. The van der Waals surface area contributed by atoms with E-state index in [-0.39, 0.29) is 16.7 Å². The maximum absolute atomic E-state index is 13.4. The summed E-state index contributed by atoms with van der Waals surface area (Å²) in [5.74, 6) is 3.44. The van der Waals surface area contributed by atoms with Crippen LogP contribution in [0.25, 0.3) is 11.2 Å². The zero-order chi connectivity index (χ0) is 20.5. The smallest absolute Gasteiger partial charge is 0.317 e. The number of imidazole rings is 1. The van der Waals surface area contributed by atoms with E-state index in [4.69, 9.17) is 4.98 Å². The molecule has 4 bridgehead atoms. The first-order valence-corrected chi connectivity index (χ1v) is 11.4. The van der Waals surface area contributed by atoms with Crippen molar-refractivity contribution in [1.29, 1.82) is 0 Å². The van der Waals surface area contributed by atoms with Gasteiger partial charge in [0.2, 0.25) is 0 Å². The molecule has 1 N–H and O–H groups in total. The fourth-order valence-electron chi connectivity index (χ4n) is 6.98. The number of benzene rings is 1. The van der Waals surface area contributed by atoms with Gasteiger partial charge >= 0.3 is 5.69 Å². The number of rotatable bonds is 5. The average Bonchev–Trinajstić information content (AvgIpc) is 3.32. The Morgan fingerprint density at radius 2 is 1.80 bits per heavy atom. The summed E-state index contributed by atoms with van der Waals surface area (Å²) in [5.41, 5.74) is 1.66. The van der Waals surface area contributed by atoms with Crippen LogP contribution in [0.1, 0.15) is 56.8 Å². The van der Waals surface area contributed by atoms with E-state index in [1.165, 1.54) is 36.7 Å². The highest BCUT2D eigenvalue weighted by molar-refractivity contribution is 5.71. The van der Waals surface area contributed by atoms with E-state index >= 15 is 0 Å². The first-order valence-electron chi connectivity index (χ1n) is 11.4. The Bertz CT molecular complexity index is 1220. The molecule has 2 heterocycles. The number of hydrogen-bond donors (Lipinski definition) is 1. The summed E-state index contributed by atoms with van der Waals surface area (Å²) in [4.78, 5) is 33.9. The predicted octanol–water partition coefficient (Wildman–Crippen LogP) is 3.42. The third-order valence-corrected chi connectivity index (χ3v) is 7.91. The first-order chi connectivity index (χ1) is 14.6. The summed E-state index contributed by atoms with van der Waals surface area (Å²) in [6, 6.07) is 10.3. The van der Waals surface area contributed by atoms with E-state index in [1.807, 2.05) is 25.1 Å². The van der Waals surface area contributed by atoms with Crippen molar-refractivity contribution in [2.45, 2.75) is 64.0 Å². The standard InChI is InChI=1S/C24H28N4O2/c1-2-8-27-21(29)19-20(26-23(27)30)25-22(28(19)14-15-6-4-3-5-7-15)24-11-16-9-17(12-24)18(10-16)13-24/h3-7,16-18H,2,8-14H2,1H3,(H,26,30). The molecule has 156 valence electrons. The molecule has 2 unspecified atom stereocenters. The second kappa shape index (κ2) is 6.43. The lowest BCUT2D eigenvalue weighted by Crippen LogP contribution is -2.37. The van der Waals surface area contributed by atoms with Gasteiger partial charge in [0, 0.05) is 18.5 Å². The highest BCUT2D eigenvalue weighted by Gasteiger charge is 2.58. The van der Waals surface area contributed by atoms with Gasteiger partial charge in [-0.1, -0.05) is 37.3 Å². The molecule has 2 atom stereocenters. The van der Waals surface area contributed by atoms with Gasteiger partial charge < -0.3 is 4.57 Å². The van der Waals surface area contributed by atoms with Gasteiger partial charge in [-0.15, -0.1) is 0 Å². The molecule has 4 aliphatic carbocycles. The molecule has 3 aromatic rings. The molecule has 0 spiro atoms. The van der Waals surface area contributed by atoms with Gasteiger partial charge in [0.25, 0.3) is 5.56 Å². The summed E-state index contributed by atoms with van der Waals surface area (Å²) in [7, 11) is 0. The van der Waals surface area contributed by atoms with E-state index < -0.39 is 0 Å². The summed E-state index contributed by atoms with van der Waals surface area (Å²) in [5, 5.41) is 0. The predicted molar refractivity (Wildman–Crippen MR) is 116 cm³/mol. The number of hydrogen-bond acceptors (Lipinski definition) is 3. The van der Waals surface area contributed by atoms with Crippen LogP contribution in [0.4, 0.5) is 0 Å². The van der Waals surface area contributed by atoms with Gasteiger partial charge in [-0.05, 0) is 61.8 Å². The molecule has 4 saturated carbocycles. The number of fused-ring (bicyclic) bond motifs is 1. The van der Waals surface area contributed by atoms with E-state index in [1.54, 1.807) is 0 Å². The summed E-state index contributed by atoms with van der Waals surface area (Å²) >= 11 is 0. The van der Waals surface area contributed by atoms with Crippen molar-refractivity contribution in [3.63, 3.8) is 0 Å². The zero-order valence-electron chi connectivity index (χ0n) is 17.4. The summed E-state index contributed by atoms with van der Waals surface area (Å²) in [6.07, 6.45) is 7.00. The Kier molecular flexibility index (Phi) is 3.89. The van der Waals surface area contributed by atoms with Crippen LogP contribution in [-0.2, 0) is 18.5 Å². The minimum Gasteiger partial charge on any atom is -0.317 e. The Balaban J connectivity index is 1.59. The van der Waals surface area contributed by atoms with Gasteiger partial charge in [-0.3, -0.25) is 14.3 Å². The van der Waals surface area contributed by atoms with Crippen LogP contribution in [0, 0.1) is 17.8 Å². The lowest BCUT2D eigenvalue weighted by atomic mass is 9.69. The second-order valence-corrected chi connectivity index (χ2v) is 9.84. The van der Waals surface area contributed by atoms with E-state index in [2.05, 4.69) is 21.7 Å². The number of nitrogens with zero attached hydrogens (tertiary/aromatic N) is 3. The molecular formula is C24H28N4O2. The van der Waals surface area contributed by atoms with Gasteiger partial charge in [-0.25, -0.2) is 9.78 Å². The normalized spacial score (nSPS) is 29.3. The van der Waals surface area contributed by atoms with Crippen LogP contribution in [0.2, 0.25) is 0 Å². The molecule has 0 saturated heterocycles. The number of aromatic nitrogens is 4. The zero-order valence-corrected chi connectivity index (χ0v) is 17.4. The maximum atomic E-state index is 13.4. The largest absolute Gasteiger partial charge is 0.330 e. The van der Waals surface area contributed by atoms with Crippen LogP contribution >= 0.6 is 0 Å². The summed E-state index contributed by atoms with van der Waals surface area (Å²) < 4.78 is 3.48. The highest BCUT2D eigenvalue weighted by atomic mass is 16.2. The van der Waals surface area contributed by atoms with Crippen molar-refractivity contribution in [3.05, 3.63) is 62.6 Å². The Labute approximate surface area is 175 Å². The SMILES string of the molecule is CCCn1c(=O)[nH]c2nc(C34CC5CC(C3)C(C5)C4)n(Cc3ccccc3)c2c1=O. The lowest BCUT2D eigenvalue weighted by Gasteiger charge is -2.38. The van der Waals surface area contributed by atoms with Gasteiger partial charge in [0.05, 0.1) is 0 Å².